The minimum atomic E-state index is 0.104. The number of hydrogen-bond donors (Lipinski definition) is 2. The van der Waals surface area contributed by atoms with Crippen LogP contribution in [-0.2, 0) is 0 Å². The highest BCUT2D eigenvalue weighted by atomic mass is 15.2. The van der Waals surface area contributed by atoms with Gasteiger partial charge in [-0.1, -0.05) is 6.92 Å². The Morgan fingerprint density at radius 1 is 1.43 bits per heavy atom. The second-order valence-corrected chi connectivity index (χ2v) is 5.93. The lowest BCUT2D eigenvalue weighted by Gasteiger charge is -2.38. The third-order valence-electron chi connectivity index (χ3n) is 4.51. The summed E-state index contributed by atoms with van der Waals surface area (Å²) >= 11 is 0. The molecule has 1 aliphatic heterocycles. The Labute approximate surface area is 127 Å². The first-order valence-electron chi connectivity index (χ1n) is 7.71. The quantitative estimate of drug-likeness (QED) is 0.656. The molecule has 0 atom stereocenters. The van der Waals surface area contributed by atoms with E-state index < -0.39 is 0 Å². The van der Waals surface area contributed by atoms with Crippen LogP contribution < -0.4 is 10.6 Å². The molecule has 1 aromatic rings. The van der Waals surface area contributed by atoms with Crippen molar-refractivity contribution in [3.05, 3.63) is 23.0 Å². The smallest absolute Gasteiger partial charge is 0.126 e. The maximum atomic E-state index is 7.86. The number of aromatic nitrogens is 1. The van der Waals surface area contributed by atoms with Crippen LogP contribution in [0.15, 0.2) is 6.07 Å². The van der Waals surface area contributed by atoms with Gasteiger partial charge in [-0.05, 0) is 39.3 Å². The van der Waals surface area contributed by atoms with E-state index in [-0.39, 0.29) is 5.84 Å². The van der Waals surface area contributed by atoms with E-state index in [2.05, 4.69) is 34.8 Å². The van der Waals surface area contributed by atoms with Crippen LogP contribution >= 0.6 is 0 Å². The predicted molar refractivity (Wildman–Crippen MR) is 88.3 cm³/mol. The van der Waals surface area contributed by atoms with E-state index in [4.69, 9.17) is 11.1 Å². The number of nitrogens with one attached hydrogen (secondary N) is 1. The Hall–Kier alpha value is -1.62. The van der Waals surface area contributed by atoms with Gasteiger partial charge >= 0.3 is 0 Å². The lowest BCUT2D eigenvalue weighted by molar-refractivity contribution is 0.221. The highest BCUT2D eigenvalue weighted by Crippen LogP contribution is 2.27. The summed E-state index contributed by atoms with van der Waals surface area (Å²) in [4.78, 5) is 9.24. The lowest BCUT2D eigenvalue weighted by Crippen LogP contribution is -2.44. The molecule has 2 heterocycles. The summed E-state index contributed by atoms with van der Waals surface area (Å²) in [7, 11) is 2.12. The number of pyridine rings is 1. The number of hydrogen-bond acceptors (Lipinski definition) is 4. The van der Waals surface area contributed by atoms with Crippen LogP contribution in [0, 0.1) is 19.3 Å². The minimum Gasteiger partial charge on any atom is -0.384 e. The molecule has 116 valence electrons. The van der Waals surface area contributed by atoms with Gasteiger partial charge in [0.05, 0.1) is 16.9 Å². The van der Waals surface area contributed by atoms with Gasteiger partial charge in [0, 0.05) is 31.9 Å². The van der Waals surface area contributed by atoms with Crippen LogP contribution in [-0.4, -0.2) is 48.4 Å². The number of nitrogen functional groups attached to an aromatic ring is 1. The van der Waals surface area contributed by atoms with Crippen molar-refractivity contribution >= 4 is 11.5 Å². The molecule has 1 aromatic heterocycles. The van der Waals surface area contributed by atoms with Crippen LogP contribution in [0.2, 0.25) is 0 Å². The fraction of sp³-hybridized carbons (Fsp3) is 0.625. The van der Waals surface area contributed by atoms with E-state index in [1.165, 1.54) is 0 Å². The van der Waals surface area contributed by atoms with Gasteiger partial charge in [0.2, 0.25) is 0 Å². The zero-order chi connectivity index (χ0) is 15.6. The Kier molecular flexibility index (Phi) is 4.83. The molecular weight excluding hydrogens is 262 g/mol. The first-order valence-corrected chi connectivity index (χ1v) is 7.71. The number of amidine groups is 1. The normalized spacial score (nSPS) is 17.0. The fourth-order valence-electron chi connectivity index (χ4n) is 3.24. The molecule has 3 N–H and O–H groups in total. The highest BCUT2D eigenvalue weighted by Gasteiger charge is 2.24. The van der Waals surface area contributed by atoms with Crippen LogP contribution in [0.1, 0.15) is 36.7 Å². The second-order valence-electron chi connectivity index (χ2n) is 5.93. The molecule has 0 aliphatic carbocycles. The molecule has 5 nitrogen and oxygen atoms in total. The second kappa shape index (κ2) is 6.43. The van der Waals surface area contributed by atoms with Crippen molar-refractivity contribution in [2.45, 2.75) is 39.7 Å². The third kappa shape index (κ3) is 3.35. The van der Waals surface area contributed by atoms with E-state index in [1.807, 2.05) is 13.8 Å². The molecule has 1 fully saturated rings. The first-order chi connectivity index (χ1) is 9.93. The Morgan fingerprint density at radius 3 is 2.57 bits per heavy atom. The van der Waals surface area contributed by atoms with E-state index in [0.29, 0.717) is 6.04 Å². The number of piperidine rings is 1. The van der Waals surface area contributed by atoms with Gasteiger partial charge in [-0.25, -0.2) is 0 Å². The van der Waals surface area contributed by atoms with Crippen molar-refractivity contribution < 1.29 is 0 Å². The van der Waals surface area contributed by atoms with Crippen molar-refractivity contribution in [2.75, 3.05) is 31.6 Å². The van der Waals surface area contributed by atoms with Crippen molar-refractivity contribution in [3.8, 4) is 0 Å². The van der Waals surface area contributed by atoms with Gasteiger partial charge in [-0.2, -0.15) is 0 Å². The maximum absolute atomic E-state index is 7.86. The molecule has 1 aliphatic rings. The molecule has 5 heteroatoms. The topological polar surface area (TPSA) is 69.2 Å². The number of nitrogens with two attached hydrogens (primary N) is 1. The SMILES string of the molecule is CCN1CCC(N(C)c2cc(C)nc(C)c2C(=N)N)CC1. The average molecular weight is 289 g/mol. The van der Waals surface area contributed by atoms with Gasteiger partial charge < -0.3 is 15.5 Å². The molecule has 0 saturated carbocycles. The number of aryl methyl sites for hydroxylation is 2. The number of nitrogens with zero attached hydrogens (tertiary/aromatic N) is 3. The average Bonchev–Trinajstić information content (AvgIpc) is 2.45. The zero-order valence-corrected chi connectivity index (χ0v) is 13.6. The van der Waals surface area contributed by atoms with Crippen molar-refractivity contribution in [3.63, 3.8) is 0 Å². The summed E-state index contributed by atoms with van der Waals surface area (Å²) in [6, 6.07) is 2.56. The summed E-state index contributed by atoms with van der Waals surface area (Å²) < 4.78 is 0. The Bertz CT molecular complexity index is 518. The molecule has 0 amide bonds. The van der Waals surface area contributed by atoms with E-state index in [9.17, 15) is 0 Å². The number of anilines is 1. The summed E-state index contributed by atoms with van der Waals surface area (Å²) in [5.74, 6) is 0.104. The summed E-state index contributed by atoms with van der Waals surface area (Å²) in [5.41, 5.74) is 9.43. The molecule has 1 saturated heterocycles. The van der Waals surface area contributed by atoms with Crippen molar-refractivity contribution in [1.82, 2.24) is 9.88 Å². The van der Waals surface area contributed by atoms with Crippen molar-refractivity contribution in [2.24, 2.45) is 5.73 Å². The van der Waals surface area contributed by atoms with Gasteiger partial charge in [0.15, 0.2) is 0 Å². The molecule has 2 rings (SSSR count). The standard InChI is InChI=1S/C16H27N5/c1-5-21-8-6-13(7-9-21)20(4)14-10-11(2)19-12(3)15(14)16(17)18/h10,13H,5-9H2,1-4H3,(H3,17,18). The largest absolute Gasteiger partial charge is 0.384 e. The van der Waals surface area contributed by atoms with E-state index >= 15 is 0 Å². The third-order valence-corrected chi connectivity index (χ3v) is 4.51. The summed E-state index contributed by atoms with van der Waals surface area (Å²) in [5, 5.41) is 7.86. The fourth-order valence-corrected chi connectivity index (χ4v) is 3.24. The van der Waals surface area contributed by atoms with Gasteiger partial charge in [-0.3, -0.25) is 10.4 Å². The number of likely N-dealkylation sites (tertiary alicyclic amines) is 1. The monoisotopic (exact) mass is 289 g/mol. The van der Waals surface area contributed by atoms with Gasteiger partial charge in [0.1, 0.15) is 5.84 Å². The van der Waals surface area contributed by atoms with Crippen LogP contribution in [0.4, 0.5) is 5.69 Å². The highest BCUT2D eigenvalue weighted by molar-refractivity contribution is 6.01. The molecule has 0 bridgehead atoms. The Balaban J connectivity index is 2.27. The first kappa shape index (κ1) is 15.8. The predicted octanol–water partition coefficient (Wildman–Crippen LogP) is 1.90. The molecular formula is C16H27N5. The van der Waals surface area contributed by atoms with Gasteiger partial charge in [0.25, 0.3) is 0 Å². The number of rotatable bonds is 4. The van der Waals surface area contributed by atoms with E-state index in [0.717, 1.165) is 55.1 Å². The summed E-state index contributed by atoms with van der Waals surface area (Å²) in [6.07, 6.45) is 2.31. The molecule has 0 unspecified atom stereocenters. The minimum absolute atomic E-state index is 0.104. The lowest BCUT2D eigenvalue weighted by atomic mass is 10.0. The zero-order valence-electron chi connectivity index (χ0n) is 13.6. The molecule has 0 radical (unpaired) electrons. The van der Waals surface area contributed by atoms with Crippen LogP contribution in [0.3, 0.4) is 0 Å². The molecule has 0 spiro atoms. The van der Waals surface area contributed by atoms with Crippen molar-refractivity contribution in [1.29, 1.82) is 5.41 Å². The molecule has 21 heavy (non-hydrogen) atoms. The molecule has 0 aromatic carbocycles. The van der Waals surface area contributed by atoms with E-state index in [1.54, 1.807) is 0 Å². The van der Waals surface area contributed by atoms with Crippen LogP contribution in [0.5, 0.6) is 0 Å². The summed E-state index contributed by atoms with van der Waals surface area (Å²) in [6.45, 7) is 9.55. The maximum Gasteiger partial charge on any atom is 0.126 e. The Morgan fingerprint density at radius 2 is 2.05 bits per heavy atom. The van der Waals surface area contributed by atoms with Crippen LogP contribution in [0.25, 0.3) is 0 Å². The van der Waals surface area contributed by atoms with Gasteiger partial charge in [-0.15, -0.1) is 0 Å².